The third-order valence-corrected chi connectivity index (χ3v) is 2.99. The van der Waals surface area contributed by atoms with Crippen molar-refractivity contribution in [3.63, 3.8) is 0 Å². The fourth-order valence-electron chi connectivity index (χ4n) is 2.22. The maximum atomic E-state index is 9.88. The van der Waals surface area contributed by atoms with Gasteiger partial charge < -0.3 is 14.6 Å². The van der Waals surface area contributed by atoms with E-state index < -0.39 is 0 Å². The van der Waals surface area contributed by atoms with Crippen LogP contribution in [0.5, 0.6) is 5.75 Å². The van der Waals surface area contributed by atoms with Gasteiger partial charge in [0, 0.05) is 12.7 Å². The van der Waals surface area contributed by atoms with Gasteiger partial charge in [-0.2, -0.15) is 0 Å². The molecule has 1 aromatic carbocycles. The van der Waals surface area contributed by atoms with Crippen molar-refractivity contribution in [2.24, 2.45) is 0 Å². The molecule has 0 fully saturated rings. The Morgan fingerprint density at radius 1 is 1.27 bits per heavy atom. The predicted octanol–water partition coefficient (Wildman–Crippen LogP) is 2.21. The topological polar surface area (TPSA) is 38.7 Å². The highest BCUT2D eigenvalue weighted by Gasteiger charge is 2.28. The Hall–Kier alpha value is -1.06. The van der Waals surface area contributed by atoms with Crippen molar-refractivity contribution in [3.05, 3.63) is 29.3 Å². The Kier molecular flexibility index (Phi) is 2.93. The van der Waals surface area contributed by atoms with Crippen LogP contribution in [0.15, 0.2) is 18.2 Å². The number of benzene rings is 1. The molecule has 0 unspecified atom stereocenters. The van der Waals surface area contributed by atoms with Crippen LogP contribution < -0.4 is 4.74 Å². The van der Waals surface area contributed by atoms with Gasteiger partial charge in [-0.1, -0.05) is 12.1 Å². The number of ether oxygens (including phenoxy) is 2. The Labute approximate surface area is 89.6 Å². The zero-order valence-corrected chi connectivity index (χ0v) is 9.06. The Balaban J connectivity index is 2.51. The fourth-order valence-corrected chi connectivity index (χ4v) is 2.22. The zero-order chi connectivity index (χ0) is 10.8. The number of aliphatic hydroxyl groups excluding tert-OH is 1. The van der Waals surface area contributed by atoms with Crippen molar-refractivity contribution in [3.8, 4) is 5.75 Å². The third kappa shape index (κ3) is 1.73. The van der Waals surface area contributed by atoms with Crippen LogP contribution in [0.1, 0.15) is 36.2 Å². The molecule has 82 valence electrons. The molecule has 0 saturated carbocycles. The van der Waals surface area contributed by atoms with Crippen LogP contribution in [0.3, 0.4) is 0 Å². The average molecular weight is 208 g/mol. The van der Waals surface area contributed by atoms with Gasteiger partial charge in [0.1, 0.15) is 5.75 Å². The first-order chi connectivity index (χ1) is 7.27. The smallest absolute Gasteiger partial charge is 0.125 e. The molecule has 0 heterocycles. The molecule has 1 aliphatic carbocycles. The normalized spacial score (nSPS) is 24.7. The van der Waals surface area contributed by atoms with E-state index in [2.05, 4.69) is 0 Å². The van der Waals surface area contributed by atoms with E-state index in [1.54, 1.807) is 14.2 Å². The molecule has 1 aromatic rings. The number of rotatable bonds is 2. The summed E-state index contributed by atoms with van der Waals surface area (Å²) in [5.41, 5.74) is 1.94. The molecule has 3 heteroatoms. The molecule has 2 atom stereocenters. The molecular weight excluding hydrogens is 192 g/mol. The van der Waals surface area contributed by atoms with Crippen molar-refractivity contribution < 1.29 is 14.6 Å². The number of hydrogen-bond acceptors (Lipinski definition) is 3. The van der Waals surface area contributed by atoms with E-state index in [1.807, 2.05) is 18.2 Å². The summed E-state index contributed by atoms with van der Waals surface area (Å²) in [6.07, 6.45) is 1.24. The SMILES string of the molecule is COc1cccc2c1[C@@H](OC)CC[C@@H]2O. The molecular formula is C12H16O3. The van der Waals surface area contributed by atoms with Crippen LogP contribution in [0.2, 0.25) is 0 Å². The predicted molar refractivity (Wildman–Crippen MR) is 56.9 cm³/mol. The van der Waals surface area contributed by atoms with Gasteiger partial charge in [-0.15, -0.1) is 0 Å². The van der Waals surface area contributed by atoms with Gasteiger partial charge in [0.15, 0.2) is 0 Å². The largest absolute Gasteiger partial charge is 0.496 e. The van der Waals surface area contributed by atoms with E-state index in [0.717, 1.165) is 29.7 Å². The van der Waals surface area contributed by atoms with Gasteiger partial charge in [-0.05, 0) is 24.5 Å². The maximum Gasteiger partial charge on any atom is 0.125 e. The highest BCUT2D eigenvalue weighted by Crippen LogP contribution is 2.42. The van der Waals surface area contributed by atoms with Crippen LogP contribution in [-0.2, 0) is 4.74 Å². The fraction of sp³-hybridized carbons (Fsp3) is 0.500. The minimum Gasteiger partial charge on any atom is -0.496 e. The first kappa shape index (κ1) is 10.5. The van der Waals surface area contributed by atoms with Crippen molar-refractivity contribution in [1.82, 2.24) is 0 Å². The molecule has 1 N–H and O–H groups in total. The molecule has 0 aromatic heterocycles. The molecule has 3 nitrogen and oxygen atoms in total. The van der Waals surface area contributed by atoms with Crippen LogP contribution in [0.4, 0.5) is 0 Å². The summed E-state index contributed by atoms with van der Waals surface area (Å²) in [6.45, 7) is 0. The number of fused-ring (bicyclic) bond motifs is 1. The second kappa shape index (κ2) is 4.21. The van der Waals surface area contributed by atoms with E-state index in [-0.39, 0.29) is 12.2 Å². The summed E-state index contributed by atoms with van der Waals surface area (Å²) in [7, 11) is 3.34. The molecule has 0 amide bonds. The third-order valence-electron chi connectivity index (χ3n) is 2.99. The van der Waals surface area contributed by atoms with Crippen LogP contribution in [0.25, 0.3) is 0 Å². The van der Waals surface area contributed by atoms with Crippen molar-refractivity contribution in [2.45, 2.75) is 25.0 Å². The van der Waals surface area contributed by atoms with E-state index in [9.17, 15) is 5.11 Å². The highest BCUT2D eigenvalue weighted by atomic mass is 16.5. The second-order valence-corrected chi connectivity index (χ2v) is 3.78. The van der Waals surface area contributed by atoms with E-state index in [1.165, 1.54) is 0 Å². The standard InChI is InChI=1S/C12H16O3/c1-14-10-5-3-4-8-9(13)6-7-11(15-2)12(8)10/h3-5,9,11,13H,6-7H2,1-2H3/t9-,11-/m0/s1. The Morgan fingerprint density at radius 3 is 2.73 bits per heavy atom. The summed E-state index contributed by atoms with van der Waals surface area (Å²) < 4.78 is 10.7. The number of methoxy groups -OCH3 is 2. The monoisotopic (exact) mass is 208 g/mol. The van der Waals surface area contributed by atoms with Gasteiger partial charge in [0.2, 0.25) is 0 Å². The Morgan fingerprint density at radius 2 is 2.07 bits per heavy atom. The number of hydrogen-bond donors (Lipinski definition) is 1. The molecule has 0 spiro atoms. The van der Waals surface area contributed by atoms with Crippen molar-refractivity contribution in [1.29, 1.82) is 0 Å². The molecule has 0 radical (unpaired) electrons. The molecule has 0 bridgehead atoms. The van der Waals surface area contributed by atoms with E-state index in [4.69, 9.17) is 9.47 Å². The maximum absolute atomic E-state index is 9.88. The molecule has 0 aliphatic heterocycles. The zero-order valence-electron chi connectivity index (χ0n) is 9.06. The quantitative estimate of drug-likeness (QED) is 0.809. The highest BCUT2D eigenvalue weighted by molar-refractivity contribution is 5.44. The van der Waals surface area contributed by atoms with Gasteiger partial charge in [-0.25, -0.2) is 0 Å². The van der Waals surface area contributed by atoms with E-state index >= 15 is 0 Å². The first-order valence-corrected chi connectivity index (χ1v) is 5.15. The lowest BCUT2D eigenvalue weighted by Crippen LogP contribution is -2.16. The summed E-state index contributed by atoms with van der Waals surface area (Å²) in [4.78, 5) is 0. The Bertz CT molecular complexity index is 349. The lowest BCUT2D eigenvalue weighted by atomic mass is 9.86. The average Bonchev–Trinajstić information content (AvgIpc) is 2.29. The molecule has 15 heavy (non-hydrogen) atoms. The van der Waals surface area contributed by atoms with Crippen LogP contribution in [0, 0.1) is 0 Å². The lowest BCUT2D eigenvalue weighted by molar-refractivity contribution is 0.0522. The van der Waals surface area contributed by atoms with E-state index in [0.29, 0.717) is 0 Å². The van der Waals surface area contributed by atoms with Gasteiger partial charge in [0.25, 0.3) is 0 Å². The summed E-state index contributed by atoms with van der Waals surface area (Å²) in [5.74, 6) is 0.804. The van der Waals surface area contributed by atoms with Gasteiger partial charge in [-0.3, -0.25) is 0 Å². The number of aliphatic hydroxyl groups is 1. The summed E-state index contributed by atoms with van der Waals surface area (Å²) in [6, 6.07) is 5.75. The minimum atomic E-state index is -0.388. The van der Waals surface area contributed by atoms with Gasteiger partial charge >= 0.3 is 0 Å². The summed E-state index contributed by atoms with van der Waals surface area (Å²) >= 11 is 0. The summed E-state index contributed by atoms with van der Waals surface area (Å²) in [5, 5.41) is 9.88. The molecule has 0 saturated heterocycles. The molecule has 2 rings (SSSR count). The van der Waals surface area contributed by atoms with Crippen molar-refractivity contribution in [2.75, 3.05) is 14.2 Å². The first-order valence-electron chi connectivity index (χ1n) is 5.15. The van der Waals surface area contributed by atoms with Crippen LogP contribution in [-0.4, -0.2) is 19.3 Å². The van der Waals surface area contributed by atoms with Crippen molar-refractivity contribution >= 4 is 0 Å². The minimum absolute atomic E-state index is 0.0412. The van der Waals surface area contributed by atoms with Gasteiger partial charge in [0.05, 0.1) is 19.3 Å². The lowest BCUT2D eigenvalue weighted by Gasteiger charge is -2.29. The molecule has 1 aliphatic rings. The second-order valence-electron chi connectivity index (χ2n) is 3.78. The van der Waals surface area contributed by atoms with Crippen LogP contribution >= 0.6 is 0 Å².